The van der Waals surface area contributed by atoms with Gasteiger partial charge in [0, 0.05) is 19.3 Å². The Balaban J connectivity index is 1.85. The summed E-state index contributed by atoms with van der Waals surface area (Å²) in [5.41, 5.74) is 7.53. The van der Waals surface area contributed by atoms with Crippen LogP contribution in [-0.4, -0.2) is 7.32 Å². The fourth-order valence-corrected chi connectivity index (χ4v) is 5.22. The van der Waals surface area contributed by atoms with Crippen molar-refractivity contribution in [2.45, 2.75) is 99.3 Å². The molecule has 0 spiro atoms. The largest absolute Gasteiger partial charge is 0.863 e. The van der Waals surface area contributed by atoms with E-state index in [0.717, 1.165) is 75.1 Å². The summed E-state index contributed by atoms with van der Waals surface area (Å²) in [6.45, 7) is 25.5. The van der Waals surface area contributed by atoms with Crippen LogP contribution in [0.25, 0.3) is 0 Å². The predicted molar refractivity (Wildman–Crippen MR) is 144 cm³/mol. The van der Waals surface area contributed by atoms with Crippen LogP contribution >= 0.6 is 0 Å². The van der Waals surface area contributed by atoms with Crippen molar-refractivity contribution in [2.24, 2.45) is 17.8 Å². The molecule has 3 aliphatic carbocycles. The molecule has 0 N–H and O–H groups in total. The lowest BCUT2D eigenvalue weighted by Crippen LogP contribution is -2.31. The lowest BCUT2D eigenvalue weighted by atomic mass is 9.83. The first-order chi connectivity index (χ1) is 16.0. The average molecular weight is 464 g/mol. The Morgan fingerprint density at radius 2 is 0.853 bits per heavy atom. The molecule has 3 atom stereocenters. The summed E-state index contributed by atoms with van der Waals surface area (Å²) in [5, 5.41) is 0. The summed E-state index contributed by atoms with van der Waals surface area (Å²) >= 11 is 0. The predicted octanol–water partition coefficient (Wildman–Crippen LogP) is 8.97. The Morgan fingerprint density at radius 3 is 1.09 bits per heavy atom. The maximum atomic E-state index is 6.56. The van der Waals surface area contributed by atoms with E-state index in [1.807, 2.05) is 0 Å². The van der Waals surface area contributed by atoms with Crippen LogP contribution in [0.2, 0.25) is 0 Å². The zero-order valence-electron chi connectivity index (χ0n) is 22.5. The van der Waals surface area contributed by atoms with Gasteiger partial charge >= 0.3 is 7.32 Å². The van der Waals surface area contributed by atoms with Gasteiger partial charge in [0.05, 0.1) is 17.3 Å². The van der Waals surface area contributed by atoms with Crippen LogP contribution in [0.5, 0.6) is 0 Å². The molecule has 3 rings (SSSR count). The summed E-state index contributed by atoms with van der Waals surface area (Å²) in [4.78, 5) is 0. The molecular formula is C30H45BO3. The first kappa shape index (κ1) is 26.5. The van der Waals surface area contributed by atoms with Gasteiger partial charge in [0.15, 0.2) is 0 Å². The van der Waals surface area contributed by atoms with E-state index in [1.54, 1.807) is 0 Å². The molecule has 0 bridgehead atoms. The highest BCUT2D eigenvalue weighted by Crippen LogP contribution is 2.39. The van der Waals surface area contributed by atoms with Crippen LogP contribution in [-0.2, 0) is 14.0 Å². The summed E-state index contributed by atoms with van der Waals surface area (Å²) in [7, 11) is -0.781. The fourth-order valence-electron chi connectivity index (χ4n) is 5.22. The lowest BCUT2D eigenvalue weighted by Gasteiger charge is -2.32. The van der Waals surface area contributed by atoms with Gasteiger partial charge in [-0.25, -0.2) is 0 Å². The van der Waals surface area contributed by atoms with Crippen LogP contribution in [0.15, 0.2) is 70.5 Å². The third kappa shape index (κ3) is 6.74. The maximum Gasteiger partial charge on any atom is 0.863 e. The van der Waals surface area contributed by atoms with Crippen LogP contribution < -0.4 is 0 Å². The first-order valence-corrected chi connectivity index (χ1v) is 13.1. The Kier molecular flexibility index (Phi) is 9.01. The van der Waals surface area contributed by atoms with Crippen LogP contribution in [0.1, 0.15) is 99.3 Å². The topological polar surface area (TPSA) is 27.7 Å². The minimum absolute atomic E-state index is 0.450. The summed E-state index contributed by atoms with van der Waals surface area (Å²) in [6, 6.07) is 0. The molecule has 0 saturated carbocycles. The second-order valence-corrected chi connectivity index (χ2v) is 11.1. The highest BCUT2D eigenvalue weighted by Gasteiger charge is 2.38. The van der Waals surface area contributed by atoms with Gasteiger partial charge in [0.2, 0.25) is 0 Å². The second-order valence-electron chi connectivity index (χ2n) is 11.1. The van der Waals surface area contributed by atoms with E-state index in [-0.39, 0.29) is 0 Å². The zero-order chi connectivity index (χ0) is 25.0. The van der Waals surface area contributed by atoms with Crippen molar-refractivity contribution in [1.82, 2.24) is 0 Å². The zero-order valence-corrected chi connectivity index (χ0v) is 22.5. The first-order valence-electron chi connectivity index (χ1n) is 13.1. The van der Waals surface area contributed by atoms with E-state index in [4.69, 9.17) is 14.0 Å². The van der Waals surface area contributed by atoms with Crippen LogP contribution in [0, 0.1) is 17.8 Å². The van der Waals surface area contributed by atoms with Crippen molar-refractivity contribution in [2.75, 3.05) is 0 Å². The smallest absolute Gasteiger partial charge is 0.493 e. The SMILES string of the molecule is C=C(C)[C@@H]1CCC(C)=C(OB(OC2=C(C)CC[C@@H](C(=C)C)C2)OC2=C(C)CC[C@@H](C(=C)C)C2)C1. The minimum atomic E-state index is -0.781. The van der Waals surface area contributed by atoms with Gasteiger partial charge in [-0.1, -0.05) is 36.5 Å². The number of hydrogen-bond acceptors (Lipinski definition) is 3. The molecule has 0 saturated heterocycles. The van der Waals surface area contributed by atoms with Crippen molar-refractivity contribution in [1.29, 1.82) is 0 Å². The Hall–Kier alpha value is -2.10. The molecule has 34 heavy (non-hydrogen) atoms. The fraction of sp³-hybridized carbons (Fsp3) is 0.600. The van der Waals surface area contributed by atoms with Crippen LogP contribution in [0.4, 0.5) is 0 Å². The van der Waals surface area contributed by atoms with Gasteiger partial charge < -0.3 is 14.0 Å². The normalized spacial score (nSPS) is 25.8. The summed E-state index contributed by atoms with van der Waals surface area (Å²) in [5.74, 6) is 4.35. The summed E-state index contributed by atoms with van der Waals surface area (Å²) in [6.07, 6.45) is 9.08. The van der Waals surface area contributed by atoms with E-state index in [0.29, 0.717) is 17.8 Å². The van der Waals surface area contributed by atoms with E-state index < -0.39 is 7.32 Å². The molecule has 0 heterocycles. The number of hydrogen-bond donors (Lipinski definition) is 0. The molecule has 0 radical (unpaired) electrons. The lowest BCUT2D eigenvalue weighted by molar-refractivity contribution is 0.149. The molecule has 3 aliphatic rings. The van der Waals surface area contributed by atoms with Gasteiger partial charge in [-0.15, -0.1) is 0 Å². The highest BCUT2D eigenvalue weighted by atomic mass is 16.7. The van der Waals surface area contributed by atoms with Crippen molar-refractivity contribution in [3.05, 3.63) is 70.5 Å². The van der Waals surface area contributed by atoms with E-state index in [9.17, 15) is 0 Å². The van der Waals surface area contributed by atoms with Crippen molar-refractivity contribution < 1.29 is 14.0 Å². The van der Waals surface area contributed by atoms with E-state index in [2.05, 4.69) is 61.3 Å². The van der Waals surface area contributed by atoms with Gasteiger partial charge in [-0.3, -0.25) is 0 Å². The van der Waals surface area contributed by atoms with Gasteiger partial charge in [-0.2, -0.15) is 0 Å². The molecule has 0 aliphatic heterocycles. The summed E-state index contributed by atoms with van der Waals surface area (Å²) < 4.78 is 19.7. The Bertz CT molecular complexity index is 800. The third-order valence-electron chi connectivity index (χ3n) is 8.13. The number of allylic oxidation sites excluding steroid dienone is 9. The monoisotopic (exact) mass is 464 g/mol. The van der Waals surface area contributed by atoms with E-state index >= 15 is 0 Å². The van der Waals surface area contributed by atoms with Gasteiger partial charge in [0.1, 0.15) is 0 Å². The average Bonchev–Trinajstić information content (AvgIpc) is 2.77. The van der Waals surface area contributed by atoms with Crippen LogP contribution in [0.3, 0.4) is 0 Å². The quantitative estimate of drug-likeness (QED) is 0.252. The second kappa shape index (κ2) is 11.6. The maximum absolute atomic E-state index is 6.56. The Labute approximate surface area is 208 Å². The molecule has 186 valence electrons. The molecule has 0 amide bonds. The minimum Gasteiger partial charge on any atom is -0.493 e. The molecule has 3 nitrogen and oxygen atoms in total. The van der Waals surface area contributed by atoms with Crippen molar-refractivity contribution in [3.8, 4) is 0 Å². The van der Waals surface area contributed by atoms with Gasteiger partial charge in [-0.05, 0) is 115 Å². The molecule has 0 aromatic heterocycles. The van der Waals surface area contributed by atoms with Crippen molar-refractivity contribution in [3.63, 3.8) is 0 Å². The highest BCUT2D eigenvalue weighted by molar-refractivity contribution is 6.37. The molecule has 0 fully saturated rings. The van der Waals surface area contributed by atoms with E-state index in [1.165, 1.54) is 33.4 Å². The third-order valence-corrected chi connectivity index (χ3v) is 8.13. The Morgan fingerprint density at radius 1 is 0.588 bits per heavy atom. The molecular weight excluding hydrogens is 419 g/mol. The molecule has 0 aromatic rings. The molecule has 4 heteroatoms. The van der Waals surface area contributed by atoms with Gasteiger partial charge in [0.25, 0.3) is 0 Å². The molecule has 0 aromatic carbocycles. The standard InChI is InChI=1S/C30H45BO3/c1-19(2)25-13-10-22(7)28(16-25)32-31(33-29-17-26(20(3)4)14-11-23(29)8)34-30-18-27(21(5)6)15-12-24(30)9/h25-27H,1,3,5,10-18H2,2,4,6-9H3/t25-,26-,27-/m1/s1. The van der Waals surface area contributed by atoms with Crippen molar-refractivity contribution >= 4 is 7.32 Å². The molecule has 0 unspecified atom stereocenters. The number of rotatable bonds is 9.